The zero-order valence-corrected chi connectivity index (χ0v) is 15.1. The number of Topliss-reactive ketones (excluding diaryl/α,β-unsaturated/α-hetero) is 1. The molecule has 3 aromatic rings. The van der Waals surface area contributed by atoms with Gasteiger partial charge in [-0.2, -0.15) is 0 Å². The number of carbonyl (C=O) groups is 2. The highest BCUT2D eigenvalue weighted by molar-refractivity contribution is 6.00. The topological polar surface area (TPSA) is 68.4 Å². The van der Waals surface area contributed by atoms with Crippen LogP contribution < -0.4 is 4.74 Å². The number of rotatable bonds is 6. The molecule has 0 atom stereocenters. The van der Waals surface area contributed by atoms with E-state index in [1.165, 1.54) is 0 Å². The molecular formula is C21H21NO4. The number of nitrogens with one attached hydrogen (secondary N) is 1. The molecule has 26 heavy (non-hydrogen) atoms. The zero-order valence-electron chi connectivity index (χ0n) is 15.1. The van der Waals surface area contributed by atoms with Gasteiger partial charge in [0.1, 0.15) is 5.75 Å². The number of carbonyl (C=O) groups excluding carboxylic acids is 2. The molecular weight excluding hydrogens is 330 g/mol. The number of ether oxygens (including phenoxy) is 2. The van der Waals surface area contributed by atoms with E-state index >= 15 is 0 Å². The second kappa shape index (κ2) is 7.44. The van der Waals surface area contributed by atoms with Gasteiger partial charge in [0.25, 0.3) is 0 Å². The minimum absolute atomic E-state index is 0.254. The van der Waals surface area contributed by atoms with Crippen molar-refractivity contribution in [2.24, 2.45) is 0 Å². The van der Waals surface area contributed by atoms with Gasteiger partial charge in [-0.1, -0.05) is 0 Å². The maximum atomic E-state index is 12.3. The monoisotopic (exact) mass is 351 g/mol. The van der Waals surface area contributed by atoms with E-state index in [9.17, 15) is 9.59 Å². The second-order valence-electron chi connectivity index (χ2n) is 6.09. The molecule has 0 spiro atoms. The van der Waals surface area contributed by atoms with Crippen molar-refractivity contribution in [2.45, 2.75) is 20.8 Å². The Labute approximate surface area is 151 Å². The van der Waals surface area contributed by atoms with Crippen LogP contribution in [0.3, 0.4) is 0 Å². The molecule has 0 aliphatic heterocycles. The van der Waals surface area contributed by atoms with Crippen LogP contribution in [0.4, 0.5) is 0 Å². The van der Waals surface area contributed by atoms with Crippen LogP contribution in [0.15, 0.2) is 42.5 Å². The van der Waals surface area contributed by atoms with E-state index in [2.05, 4.69) is 4.98 Å². The molecule has 1 N–H and O–H groups in total. The molecule has 0 saturated carbocycles. The first-order chi connectivity index (χ1) is 12.5. The Morgan fingerprint density at radius 1 is 1.00 bits per heavy atom. The SMILES string of the molecule is CCOc1ccc(C(=O)COC(=O)c2ccc3[nH]c(C)c(C)c3c2)cc1. The van der Waals surface area contributed by atoms with E-state index in [4.69, 9.17) is 9.47 Å². The van der Waals surface area contributed by atoms with Gasteiger partial charge in [-0.15, -0.1) is 0 Å². The number of aryl methyl sites for hydroxylation is 2. The number of ketones is 1. The van der Waals surface area contributed by atoms with Crippen LogP contribution >= 0.6 is 0 Å². The van der Waals surface area contributed by atoms with Gasteiger partial charge in [0, 0.05) is 22.2 Å². The third kappa shape index (κ3) is 3.61. The minimum atomic E-state index is -0.510. The van der Waals surface area contributed by atoms with E-state index in [0.717, 1.165) is 22.2 Å². The molecule has 0 aliphatic carbocycles. The average molecular weight is 351 g/mol. The fourth-order valence-corrected chi connectivity index (χ4v) is 2.79. The van der Waals surface area contributed by atoms with Crippen molar-refractivity contribution < 1.29 is 19.1 Å². The van der Waals surface area contributed by atoms with Crippen LogP contribution in [-0.2, 0) is 4.74 Å². The lowest BCUT2D eigenvalue weighted by molar-refractivity contribution is 0.0475. The summed E-state index contributed by atoms with van der Waals surface area (Å²) < 4.78 is 10.5. The first-order valence-corrected chi connectivity index (χ1v) is 8.51. The number of aromatic nitrogens is 1. The first-order valence-electron chi connectivity index (χ1n) is 8.51. The van der Waals surface area contributed by atoms with Crippen LogP contribution in [0.25, 0.3) is 10.9 Å². The Bertz CT molecular complexity index is 954. The van der Waals surface area contributed by atoms with Gasteiger partial charge in [0.2, 0.25) is 0 Å². The third-order valence-corrected chi connectivity index (χ3v) is 4.37. The molecule has 134 valence electrons. The zero-order chi connectivity index (χ0) is 18.7. The maximum absolute atomic E-state index is 12.3. The Hall–Kier alpha value is -3.08. The van der Waals surface area contributed by atoms with Gasteiger partial charge in [-0.3, -0.25) is 4.79 Å². The highest BCUT2D eigenvalue weighted by Crippen LogP contribution is 2.22. The van der Waals surface area contributed by atoms with E-state index in [1.807, 2.05) is 26.8 Å². The van der Waals surface area contributed by atoms with Crippen molar-refractivity contribution in [3.63, 3.8) is 0 Å². The largest absolute Gasteiger partial charge is 0.494 e. The number of fused-ring (bicyclic) bond motifs is 1. The molecule has 2 aromatic carbocycles. The van der Waals surface area contributed by atoms with E-state index < -0.39 is 5.97 Å². The van der Waals surface area contributed by atoms with Crippen molar-refractivity contribution >= 4 is 22.7 Å². The molecule has 0 fully saturated rings. The summed E-state index contributed by atoms with van der Waals surface area (Å²) >= 11 is 0. The van der Waals surface area contributed by atoms with Crippen LogP contribution in [0.5, 0.6) is 5.75 Å². The van der Waals surface area contributed by atoms with E-state index in [0.29, 0.717) is 23.5 Å². The molecule has 0 saturated heterocycles. The molecule has 0 bridgehead atoms. The van der Waals surface area contributed by atoms with E-state index in [1.54, 1.807) is 36.4 Å². The van der Waals surface area contributed by atoms with Crippen LogP contribution in [0.2, 0.25) is 0 Å². The molecule has 0 radical (unpaired) electrons. The normalized spacial score (nSPS) is 10.7. The molecule has 1 heterocycles. The first kappa shape index (κ1) is 17.7. The number of hydrogen-bond acceptors (Lipinski definition) is 4. The fourth-order valence-electron chi connectivity index (χ4n) is 2.79. The van der Waals surface area contributed by atoms with Gasteiger partial charge in [-0.05, 0) is 68.8 Å². The lowest BCUT2D eigenvalue weighted by atomic mass is 10.1. The predicted molar refractivity (Wildman–Crippen MR) is 100.0 cm³/mol. The summed E-state index contributed by atoms with van der Waals surface area (Å²) in [5.74, 6) is -0.0629. The van der Waals surface area contributed by atoms with Gasteiger partial charge < -0.3 is 14.5 Å². The third-order valence-electron chi connectivity index (χ3n) is 4.37. The Morgan fingerprint density at radius 3 is 2.38 bits per heavy atom. The summed E-state index contributed by atoms with van der Waals surface area (Å²) in [5, 5.41) is 0.981. The molecule has 0 aliphatic rings. The summed E-state index contributed by atoms with van der Waals surface area (Å²) in [6, 6.07) is 12.1. The Kier molecular flexibility index (Phi) is 5.07. The average Bonchev–Trinajstić information content (AvgIpc) is 2.94. The summed E-state index contributed by atoms with van der Waals surface area (Å²) in [5.41, 5.74) is 4.05. The molecule has 5 nitrogen and oxygen atoms in total. The summed E-state index contributed by atoms with van der Waals surface area (Å²) in [6.45, 7) is 6.15. The van der Waals surface area contributed by atoms with Crippen molar-refractivity contribution in [1.29, 1.82) is 0 Å². The summed E-state index contributed by atoms with van der Waals surface area (Å²) in [7, 11) is 0. The van der Waals surface area contributed by atoms with Crippen LogP contribution in [-0.4, -0.2) is 30.0 Å². The van der Waals surface area contributed by atoms with Crippen molar-refractivity contribution in [3.8, 4) is 5.75 Å². The smallest absolute Gasteiger partial charge is 0.338 e. The minimum Gasteiger partial charge on any atom is -0.494 e. The van der Waals surface area contributed by atoms with Crippen molar-refractivity contribution in [1.82, 2.24) is 4.98 Å². The van der Waals surface area contributed by atoms with E-state index in [-0.39, 0.29) is 12.4 Å². The number of esters is 1. The Morgan fingerprint density at radius 2 is 1.69 bits per heavy atom. The summed E-state index contributed by atoms with van der Waals surface area (Å²) in [6.07, 6.45) is 0. The second-order valence-corrected chi connectivity index (χ2v) is 6.09. The molecule has 5 heteroatoms. The molecule has 3 rings (SSSR count). The van der Waals surface area contributed by atoms with Crippen LogP contribution in [0, 0.1) is 13.8 Å². The molecule has 0 unspecified atom stereocenters. The van der Waals surface area contributed by atoms with Gasteiger partial charge >= 0.3 is 5.97 Å². The molecule has 1 aromatic heterocycles. The number of benzene rings is 2. The number of hydrogen-bond donors (Lipinski definition) is 1. The quantitative estimate of drug-likeness (QED) is 0.533. The molecule has 0 amide bonds. The highest BCUT2D eigenvalue weighted by atomic mass is 16.5. The predicted octanol–water partition coefficient (Wildman–Crippen LogP) is 4.22. The highest BCUT2D eigenvalue weighted by Gasteiger charge is 2.14. The Balaban J connectivity index is 1.66. The summed E-state index contributed by atoms with van der Waals surface area (Å²) in [4.78, 5) is 27.7. The lowest BCUT2D eigenvalue weighted by Crippen LogP contribution is -2.14. The van der Waals surface area contributed by atoms with Crippen molar-refractivity contribution in [3.05, 3.63) is 64.8 Å². The standard InChI is InChI=1S/C21H21NO4/c1-4-25-17-8-5-15(6-9-17)20(23)12-26-21(24)16-7-10-19-18(11-16)13(2)14(3)22-19/h5-11,22H,4,12H2,1-3H3. The van der Waals surface area contributed by atoms with Gasteiger partial charge in [0.05, 0.1) is 12.2 Å². The van der Waals surface area contributed by atoms with Crippen LogP contribution in [0.1, 0.15) is 38.9 Å². The number of aromatic amines is 1. The van der Waals surface area contributed by atoms with Gasteiger partial charge in [0.15, 0.2) is 12.4 Å². The fraction of sp³-hybridized carbons (Fsp3) is 0.238. The lowest BCUT2D eigenvalue weighted by Gasteiger charge is -2.06. The van der Waals surface area contributed by atoms with Gasteiger partial charge in [-0.25, -0.2) is 4.79 Å². The van der Waals surface area contributed by atoms with Crippen molar-refractivity contribution in [2.75, 3.05) is 13.2 Å². The number of H-pyrrole nitrogens is 1. The maximum Gasteiger partial charge on any atom is 0.338 e.